The highest BCUT2D eigenvalue weighted by molar-refractivity contribution is 5.17. The van der Waals surface area contributed by atoms with Gasteiger partial charge in [-0.2, -0.15) is 0 Å². The van der Waals surface area contributed by atoms with E-state index in [0.717, 1.165) is 25.9 Å². The molecule has 6 heteroatoms. The standard InChI is InChI=1S/C24H38O6/c1-6-7-11-22(2)30-21-20-27-17-10-19-29-24(4)13-12-23(3)28-18-9-16-26-15-8-14-25-5/h6-7,11-13H,1-4,8-10,14-21H2,5H3/b11-7-,13-12-. The van der Waals surface area contributed by atoms with Crippen molar-refractivity contribution in [3.63, 3.8) is 0 Å². The van der Waals surface area contributed by atoms with Crippen LogP contribution in [0.25, 0.3) is 0 Å². The molecule has 0 aromatic carbocycles. The van der Waals surface area contributed by atoms with E-state index in [1.807, 2.05) is 0 Å². The topological polar surface area (TPSA) is 55.4 Å². The number of hydrogen-bond donors (Lipinski definition) is 0. The predicted molar refractivity (Wildman–Crippen MR) is 121 cm³/mol. The van der Waals surface area contributed by atoms with E-state index in [2.05, 4.69) is 26.3 Å². The average Bonchev–Trinajstić information content (AvgIpc) is 2.74. The molecule has 30 heavy (non-hydrogen) atoms. The molecule has 0 spiro atoms. The van der Waals surface area contributed by atoms with E-state index in [1.165, 1.54) is 0 Å². The van der Waals surface area contributed by atoms with Crippen LogP contribution in [0.15, 0.2) is 74.0 Å². The van der Waals surface area contributed by atoms with Gasteiger partial charge in [0.05, 0.1) is 19.8 Å². The summed E-state index contributed by atoms with van der Waals surface area (Å²) < 4.78 is 32.3. The van der Waals surface area contributed by atoms with Gasteiger partial charge in [-0.05, 0) is 24.6 Å². The Morgan fingerprint density at radius 1 is 0.600 bits per heavy atom. The third kappa shape index (κ3) is 20.5. The third-order valence-corrected chi connectivity index (χ3v) is 3.47. The van der Waals surface area contributed by atoms with E-state index in [4.69, 9.17) is 28.4 Å². The van der Waals surface area contributed by atoms with Crippen molar-refractivity contribution in [1.29, 1.82) is 0 Å². The summed E-state index contributed by atoms with van der Waals surface area (Å²) in [7, 11) is 1.68. The first-order chi connectivity index (χ1) is 14.6. The largest absolute Gasteiger partial charge is 0.494 e. The molecule has 0 fully saturated rings. The summed E-state index contributed by atoms with van der Waals surface area (Å²) >= 11 is 0. The fourth-order valence-corrected chi connectivity index (χ4v) is 1.98. The van der Waals surface area contributed by atoms with Gasteiger partial charge in [0.15, 0.2) is 0 Å². The van der Waals surface area contributed by atoms with Gasteiger partial charge >= 0.3 is 0 Å². The first-order valence-corrected chi connectivity index (χ1v) is 10.2. The monoisotopic (exact) mass is 422 g/mol. The highest BCUT2D eigenvalue weighted by Gasteiger charge is 1.96. The summed E-state index contributed by atoms with van der Waals surface area (Å²) in [6.45, 7) is 19.7. The van der Waals surface area contributed by atoms with Crippen molar-refractivity contribution in [2.24, 2.45) is 0 Å². The van der Waals surface area contributed by atoms with Crippen LogP contribution in [-0.4, -0.2) is 60.0 Å². The predicted octanol–water partition coefficient (Wildman–Crippen LogP) is 4.73. The molecule has 0 aliphatic rings. The number of allylic oxidation sites excluding steroid dienone is 5. The Bertz CT molecular complexity index is 536. The lowest BCUT2D eigenvalue weighted by Crippen LogP contribution is -2.06. The van der Waals surface area contributed by atoms with E-state index >= 15 is 0 Å². The van der Waals surface area contributed by atoms with Crippen molar-refractivity contribution in [2.75, 3.05) is 60.0 Å². The maximum atomic E-state index is 5.52. The molecule has 0 atom stereocenters. The minimum Gasteiger partial charge on any atom is -0.494 e. The van der Waals surface area contributed by atoms with Gasteiger partial charge in [-0.1, -0.05) is 38.5 Å². The van der Waals surface area contributed by atoms with E-state index in [-0.39, 0.29) is 0 Å². The van der Waals surface area contributed by atoms with Gasteiger partial charge < -0.3 is 28.4 Å². The van der Waals surface area contributed by atoms with Crippen molar-refractivity contribution in [1.82, 2.24) is 0 Å². The summed E-state index contributed by atoms with van der Waals surface area (Å²) in [4.78, 5) is 0. The van der Waals surface area contributed by atoms with Crippen LogP contribution in [0.2, 0.25) is 0 Å². The Hall–Kier alpha value is -2.28. The molecule has 0 aliphatic carbocycles. The van der Waals surface area contributed by atoms with Crippen LogP contribution in [0.3, 0.4) is 0 Å². The Labute approximate surface area is 182 Å². The summed E-state index contributed by atoms with van der Waals surface area (Å²) in [5.74, 6) is 1.70. The van der Waals surface area contributed by atoms with Crippen LogP contribution in [0.4, 0.5) is 0 Å². The Morgan fingerprint density at radius 2 is 1.07 bits per heavy atom. The van der Waals surface area contributed by atoms with Crippen LogP contribution in [0.1, 0.15) is 19.3 Å². The third-order valence-electron chi connectivity index (χ3n) is 3.47. The zero-order valence-corrected chi connectivity index (χ0v) is 18.4. The highest BCUT2D eigenvalue weighted by Crippen LogP contribution is 2.03. The fourth-order valence-electron chi connectivity index (χ4n) is 1.98. The van der Waals surface area contributed by atoms with Gasteiger partial charge in [0.25, 0.3) is 0 Å². The molecule has 170 valence electrons. The lowest BCUT2D eigenvalue weighted by Gasteiger charge is -2.09. The molecule has 0 aliphatic heterocycles. The lowest BCUT2D eigenvalue weighted by molar-refractivity contribution is 0.0675. The van der Waals surface area contributed by atoms with E-state index < -0.39 is 0 Å². The van der Waals surface area contributed by atoms with E-state index in [9.17, 15) is 0 Å². The van der Waals surface area contributed by atoms with Gasteiger partial charge in [0.2, 0.25) is 0 Å². The Morgan fingerprint density at radius 3 is 1.60 bits per heavy atom. The number of ether oxygens (including phenoxy) is 6. The quantitative estimate of drug-likeness (QED) is 0.143. The molecule has 0 aromatic rings. The van der Waals surface area contributed by atoms with Crippen molar-refractivity contribution in [3.05, 3.63) is 74.0 Å². The molecule has 0 unspecified atom stereocenters. The number of hydrogen-bond acceptors (Lipinski definition) is 6. The maximum absolute atomic E-state index is 5.52. The first kappa shape index (κ1) is 27.7. The summed E-state index contributed by atoms with van der Waals surface area (Å²) in [5.41, 5.74) is 0. The fraction of sp³-hybridized carbons (Fsp3) is 0.500. The molecule has 0 bridgehead atoms. The number of rotatable bonds is 22. The second-order valence-corrected chi connectivity index (χ2v) is 6.15. The highest BCUT2D eigenvalue weighted by atomic mass is 16.5. The van der Waals surface area contributed by atoms with Crippen LogP contribution >= 0.6 is 0 Å². The average molecular weight is 423 g/mol. The molecule has 0 N–H and O–H groups in total. The van der Waals surface area contributed by atoms with E-state index in [0.29, 0.717) is 63.5 Å². The molecule has 0 saturated carbocycles. The van der Waals surface area contributed by atoms with Gasteiger partial charge in [-0.3, -0.25) is 0 Å². The van der Waals surface area contributed by atoms with Crippen LogP contribution in [0.5, 0.6) is 0 Å². The summed E-state index contributed by atoms with van der Waals surface area (Å²) in [6.07, 6.45) is 11.1. The van der Waals surface area contributed by atoms with Crippen LogP contribution < -0.4 is 0 Å². The molecule has 0 saturated heterocycles. The molecule has 0 rings (SSSR count). The van der Waals surface area contributed by atoms with Crippen molar-refractivity contribution >= 4 is 0 Å². The van der Waals surface area contributed by atoms with Gasteiger partial charge in [0.1, 0.15) is 23.9 Å². The van der Waals surface area contributed by atoms with Gasteiger partial charge in [-0.15, -0.1) is 0 Å². The van der Waals surface area contributed by atoms with Crippen molar-refractivity contribution in [3.8, 4) is 0 Å². The molecule has 0 heterocycles. The van der Waals surface area contributed by atoms with Crippen LogP contribution in [-0.2, 0) is 28.4 Å². The Balaban J connectivity index is 3.53. The Kier molecular flexibility index (Phi) is 19.8. The minimum atomic E-state index is 0.457. The van der Waals surface area contributed by atoms with Crippen molar-refractivity contribution in [2.45, 2.75) is 19.3 Å². The molecule has 0 aromatic heterocycles. The second-order valence-electron chi connectivity index (χ2n) is 6.15. The van der Waals surface area contributed by atoms with Gasteiger partial charge in [-0.25, -0.2) is 0 Å². The number of methoxy groups -OCH3 is 1. The summed E-state index contributed by atoms with van der Waals surface area (Å²) in [5, 5.41) is 0. The molecule has 0 amide bonds. The molecule has 6 nitrogen and oxygen atoms in total. The zero-order chi connectivity index (χ0) is 22.3. The van der Waals surface area contributed by atoms with Crippen LogP contribution in [0, 0.1) is 0 Å². The zero-order valence-electron chi connectivity index (χ0n) is 18.4. The molecular weight excluding hydrogens is 384 g/mol. The van der Waals surface area contributed by atoms with Crippen molar-refractivity contribution < 1.29 is 28.4 Å². The SMILES string of the molecule is C=C/C=C\C(=C)OCCOCCCOC(=C)/C=C\C(=C)OCCCOCCCOC. The normalized spacial score (nSPS) is 11.0. The lowest BCUT2D eigenvalue weighted by atomic mass is 10.4. The second kappa shape index (κ2) is 21.4. The molecule has 0 radical (unpaired) electrons. The minimum absolute atomic E-state index is 0.457. The van der Waals surface area contributed by atoms with E-state index in [1.54, 1.807) is 37.5 Å². The summed E-state index contributed by atoms with van der Waals surface area (Å²) in [6, 6.07) is 0. The first-order valence-electron chi connectivity index (χ1n) is 10.2. The maximum Gasteiger partial charge on any atom is 0.112 e. The molecular formula is C24H38O6. The smallest absolute Gasteiger partial charge is 0.112 e. The van der Waals surface area contributed by atoms with Gasteiger partial charge in [0, 0.05) is 46.4 Å².